The Bertz CT molecular complexity index is 1170. The summed E-state index contributed by atoms with van der Waals surface area (Å²) < 4.78 is 12.6. The molecule has 4 aromatic rings. The third kappa shape index (κ3) is 4.33. The van der Waals surface area contributed by atoms with Gasteiger partial charge < -0.3 is 29.4 Å². The molecule has 10 nitrogen and oxygen atoms in total. The van der Waals surface area contributed by atoms with Crippen LogP contribution < -0.4 is 20.3 Å². The van der Waals surface area contributed by atoms with E-state index in [9.17, 15) is 0 Å². The fraction of sp³-hybridized carbons (Fsp3) is 0.238. The molecule has 0 bridgehead atoms. The number of fused-ring (bicyclic) bond motifs is 1. The Balaban J connectivity index is 1.45. The van der Waals surface area contributed by atoms with Gasteiger partial charge in [-0.1, -0.05) is 0 Å². The molecule has 10 heteroatoms. The monoisotopic (exact) mass is 418 g/mol. The van der Waals surface area contributed by atoms with Crippen LogP contribution in [0.3, 0.4) is 0 Å². The van der Waals surface area contributed by atoms with Crippen molar-refractivity contribution in [2.75, 3.05) is 48.9 Å². The Morgan fingerprint density at radius 1 is 0.968 bits per heavy atom. The highest BCUT2D eigenvalue weighted by atomic mass is 16.5. The molecular formula is C21H22N8O2. The molecule has 0 spiro atoms. The number of anilines is 5. The first-order valence-electron chi connectivity index (χ1n) is 9.95. The van der Waals surface area contributed by atoms with Crippen molar-refractivity contribution in [2.24, 2.45) is 0 Å². The van der Waals surface area contributed by atoms with Crippen LogP contribution in [0, 0.1) is 0 Å². The number of methoxy groups -OCH3 is 1. The average molecular weight is 418 g/mol. The Hall–Kier alpha value is -3.92. The zero-order valence-electron chi connectivity index (χ0n) is 17.0. The predicted octanol–water partition coefficient (Wildman–Crippen LogP) is 2.85. The number of hydrogen-bond acceptors (Lipinski definition) is 9. The smallest absolute Gasteiger partial charge is 0.231 e. The van der Waals surface area contributed by atoms with Gasteiger partial charge in [0.05, 0.1) is 32.2 Å². The van der Waals surface area contributed by atoms with Crippen LogP contribution in [0.4, 0.5) is 29.0 Å². The number of aromatic nitrogens is 5. The molecule has 0 unspecified atom stereocenters. The number of rotatable bonds is 6. The van der Waals surface area contributed by atoms with Gasteiger partial charge in [-0.3, -0.25) is 0 Å². The van der Waals surface area contributed by atoms with Crippen LogP contribution in [0.1, 0.15) is 0 Å². The van der Waals surface area contributed by atoms with E-state index in [1.54, 1.807) is 25.6 Å². The highest BCUT2D eigenvalue weighted by molar-refractivity contribution is 5.66. The summed E-state index contributed by atoms with van der Waals surface area (Å²) >= 11 is 0. The normalized spacial score (nSPS) is 13.9. The van der Waals surface area contributed by atoms with E-state index >= 15 is 0 Å². The maximum absolute atomic E-state index is 5.48. The summed E-state index contributed by atoms with van der Waals surface area (Å²) in [6.45, 7) is 2.91. The predicted molar refractivity (Wildman–Crippen MR) is 118 cm³/mol. The molecule has 31 heavy (non-hydrogen) atoms. The fourth-order valence-electron chi connectivity index (χ4n) is 3.35. The summed E-state index contributed by atoms with van der Waals surface area (Å²) in [5, 5.41) is 6.60. The van der Waals surface area contributed by atoms with Gasteiger partial charge in [0.25, 0.3) is 0 Å². The number of morpholine rings is 1. The molecule has 0 aliphatic carbocycles. The van der Waals surface area contributed by atoms with Gasteiger partial charge in [-0.2, -0.15) is 9.97 Å². The summed E-state index contributed by atoms with van der Waals surface area (Å²) in [6.07, 6.45) is 7.32. The van der Waals surface area contributed by atoms with E-state index in [-0.39, 0.29) is 0 Å². The minimum Gasteiger partial charge on any atom is -0.481 e. The minimum absolute atomic E-state index is 0.473. The van der Waals surface area contributed by atoms with E-state index in [2.05, 4.69) is 30.5 Å². The van der Waals surface area contributed by atoms with Crippen molar-refractivity contribution in [1.29, 1.82) is 0 Å². The lowest BCUT2D eigenvalue weighted by atomic mass is 10.3. The summed E-state index contributed by atoms with van der Waals surface area (Å²) in [5.41, 5.74) is 2.52. The van der Waals surface area contributed by atoms with Crippen LogP contribution >= 0.6 is 0 Å². The van der Waals surface area contributed by atoms with Crippen LogP contribution in [0.15, 0.2) is 55.1 Å². The number of ether oxygens (including phenoxy) is 2. The van der Waals surface area contributed by atoms with Gasteiger partial charge in [0, 0.05) is 55.6 Å². The summed E-state index contributed by atoms with van der Waals surface area (Å²) in [6, 6.07) is 9.55. The third-order valence-corrected chi connectivity index (χ3v) is 4.92. The second kappa shape index (κ2) is 8.44. The molecule has 5 rings (SSSR count). The number of pyridine rings is 2. The summed E-state index contributed by atoms with van der Waals surface area (Å²) in [4.78, 5) is 20.1. The Kier molecular flexibility index (Phi) is 5.19. The highest BCUT2D eigenvalue weighted by Gasteiger charge is 2.15. The molecule has 4 aromatic heterocycles. The Morgan fingerprint density at radius 2 is 1.87 bits per heavy atom. The highest BCUT2D eigenvalue weighted by Crippen LogP contribution is 2.25. The number of hydrogen-bond donors (Lipinski definition) is 2. The van der Waals surface area contributed by atoms with Gasteiger partial charge in [-0.15, -0.1) is 0 Å². The van der Waals surface area contributed by atoms with Crippen molar-refractivity contribution in [3.63, 3.8) is 0 Å². The van der Waals surface area contributed by atoms with Crippen molar-refractivity contribution in [1.82, 2.24) is 24.3 Å². The third-order valence-electron chi connectivity index (χ3n) is 4.92. The van der Waals surface area contributed by atoms with Crippen LogP contribution in [-0.4, -0.2) is 57.7 Å². The lowest BCUT2D eigenvalue weighted by molar-refractivity contribution is 0.122. The maximum atomic E-state index is 5.48. The largest absolute Gasteiger partial charge is 0.481 e. The zero-order valence-corrected chi connectivity index (χ0v) is 17.0. The van der Waals surface area contributed by atoms with Gasteiger partial charge in [-0.05, 0) is 12.1 Å². The quantitative estimate of drug-likeness (QED) is 0.489. The maximum Gasteiger partial charge on any atom is 0.231 e. The second-order valence-corrected chi connectivity index (χ2v) is 6.98. The minimum atomic E-state index is 0.473. The molecule has 1 aliphatic rings. The van der Waals surface area contributed by atoms with Crippen LogP contribution in [0.25, 0.3) is 5.65 Å². The number of imidazole rings is 1. The van der Waals surface area contributed by atoms with Gasteiger partial charge in [0.15, 0.2) is 0 Å². The summed E-state index contributed by atoms with van der Waals surface area (Å²) in [5.74, 6) is 2.52. The van der Waals surface area contributed by atoms with Crippen molar-refractivity contribution < 1.29 is 9.47 Å². The molecule has 5 heterocycles. The topological polar surface area (TPSA) is 102 Å². The van der Waals surface area contributed by atoms with E-state index in [1.165, 1.54) is 0 Å². The Morgan fingerprint density at radius 3 is 2.68 bits per heavy atom. The van der Waals surface area contributed by atoms with Crippen molar-refractivity contribution in [2.45, 2.75) is 0 Å². The van der Waals surface area contributed by atoms with E-state index < -0.39 is 0 Å². The zero-order chi connectivity index (χ0) is 21.0. The molecule has 1 saturated heterocycles. The van der Waals surface area contributed by atoms with Gasteiger partial charge >= 0.3 is 0 Å². The second-order valence-electron chi connectivity index (χ2n) is 6.98. The molecule has 2 N–H and O–H groups in total. The molecule has 0 atom stereocenters. The van der Waals surface area contributed by atoms with Crippen LogP contribution in [-0.2, 0) is 4.74 Å². The standard InChI is InChI=1S/C21H22N8O2/c1-30-20-3-2-16(14-23-20)25-21-26-17(13-19(27-21)29-8-10-31-11-9-29)24-15-4-6-28-7-5-22-18(28)12-15/h2-7,12-14H,8-11H2,1H3,(H2,24,25,26,27). The first-order valence-corrected chi connectivity index (χ1v) is 9.95. The Labute approximate surface area is 178 Å². The fourth-order valence-corrected chi connectivity index (χ4v) is 3.35. The molecule has 1 aliphatic heterocycles. The van der Waals surface area contributed by atoms with Crippen LogP contribution in [0.5, 0.6) is 5.88 Å². The van der Waals surface area contributed by atoms with Crippen molar-refractivity contribution in [3.05, 3.63) is 55.1 Å². The molecule has 1 fully saturated rings. The molecule has 0 saturated carbocycles. The van der Waals surface area contributed by atoms with Gasteiger partial charge in [-0.25, -0.2) is 9.97 Å². The molecule has 0 aromatic carbocycles. The lowest BCUT2D eigenvalue weighted by Gasteiger charge is -2.28. The van der Waals surface area contributed by atoms with Gasteiger partial charge in [0.1, 0.15) is 17.3 Å². The van der Waals surface area contributed by atoms with Gasteiger partial charge in [0.2, 0.25) is 11.8 Å². The van der Waals surface area contributed by atoms with E-state index in [0.717, 1.165) is 35.9 Å². The first-order chi connectivity index (χ1) is 15.3. The van der Waals surface area contributed by atoms with E-state index in [1.807, 2.05) is 41.1 Å². The first kappa shape index (κ1) is 19.1. The lowest BCUT2D eigenvalue weighted by Crippen LogP contribution is -2.36. The van der Waals surface area contributed by atoms with Crippen molar-refractivity contribution in [3.8, 4) is 5.88 Å². The number of nitrogens with zero attached hydrogens (tertiary/aromatic N) is 6. The van der Waals surface area contributed by atoms with E-state index in [0.29, 0.717) is 30.9 Å². The van der Waals surface area contributed by atoms with Crippen molar-refractivity contribution >= 4 is 34.6 Å². The molecular weight excluding hydrogens is 396 g/mol. The SMILES string of the molecule is COc1ccc(Nc2nc(Nc3ccn4ccnc4c3)cc(N3CCOCC3)n2)cn1. The molecule has 0 radical (unpaired) electrons. The van der Waals surface area contributed by atoms with Crippen LogP contribution in [0.2, 0.25) is 0 Å². The summed E-state index contributed by atoms with van der Waals surface area (Å²) in [7, 11) is 1.59. The number of nitrogens with one attached hydrogen (secondary N) is 2. The molecule has 0 amide bonds. The average Bonchev–Trinajstić information content (AvgIpc) is 3.28. The molecule has 158 valence electrons. The van der Waals surface area contributed by atoms with E-state index in [4.69, 9.17) is 14.5 Å².